The van der Waals surface area contributed by atoms with Crippen molar-refractivity contribution < 1.29 is 9.32 Å². The Labute approximate surface area is 136 Å². The maximum atomic E-state index is 12.9. The van der Waals surface area contributed by atoms with Crippen molar-refractivity contribution in [3.05, 3.63) is 46.4 Å². The van der Waals surface area contributed by atoms with Gasteiger partial charge in [-0.25, -0.2) is 0 Å². The first-order valence-electron chi connectivity index (χ1n) is 8.27. The van der Waals surface area contributed by atoms with E-state index in [0.717, 1.165) is 23.9 Å². The molecule has 0 radical (unpaired) electrons. The number of pyridine rings is 1. The summed E-state index contributed by atoms with van der Waals surface area (Å²) in [7, 11) is 0. The lowest BCUT2D eigenvalue weighted by Gasteiger charge is -2.18. The average Bonchev–Trinajstić information content (AvgIpc) is 2.87. The number of carbonyl (C=O) groups excluding carboxylic acids is 1. The number of carbonyl (C=O) groups is 1. The summed E-state index contributed by atoms with van der Waals surface area (Å²) in [5.74, 6) is 0.417. The molecule has 1 fully saturated rings. The third kappa shape index (κ3) is 3.28. The van der Waals surface area contributed by atoms with Gasteiger partial charge in [-0.15, -0.1) is 0 Å². The largest absolute Gasteiger partial charge is 0.361 e. The van der Waals surface area contributed by atoms with Gasteiger partial charge in [0.1, 0.15) is 16.8 Å². The quantitative estimate of drug-likeness (QED) is 0.854. The predicted octanol–water partition coefficient (Wildman–Crippen LogP) is 3.32. The summed E-state index contributed by atoms with van der Waals surface area (Å²) >= 11 is 0. The predicted molar refractivity (Wildman–Crippen MR) is 87.3 cm³/mol. The molecule has 23 heavy (non-hydrogen) atoms. The standard InChI is InChI=1S/C18H23N3O2/c1-12-9-10-21(18(22)17-13(2)20-23-14(17)3)16(11-12)19-15-7-5-4-6-8-15/h9-11,15H,4-8H2,1-3H3. The van der Waals surface area contributed by atoms with E-state index in [2.05, 4.69) is 5.16 Å². The van der Waals surface area contributed by atoms with Crippen molar-refractivity contribution in [2.75, 3.05) is 0 Å². The molecule has 0 N–H and O–H groups in total. The molecule has 0 aliphatic heterocycles. The second-order valence-electron chi connectivity index (χ2n) is 6.36. The molecule has 0 saturated heterocycles. The van der Waals surface area contributed by atoms with Crippen LogP contribution in [-0.2, 0) is 0 Å². The topological polar surface area (TPSA) is 60.4 Å². The summed E-state index contributed by atoms with van der Waals surface area (Å²) in [6.07, 6.45) is 7.74. The first-order chi connectivity index (χ1) is 11.1. The zero-order chi connectivity index (χ0) is 16.4. The van der Waals surface area contributed by atoms with E-state index in [-0.39, 0.29) is 5.91 Å². The van der Waals surface area contributed by atoms with Crippen molar-refractivity contribution in [2.45, 2.75) is 58.9 Å². The molecule has 5 nitrogen and oxygen atoms in total. The highest BCUT2D eigenvalue weighted by atomic mass is 16.5. The number of nitrogens with zero attached hydrogens (tertiary/aromatic N) is 3. The van der Waals surface area contributed by atoms with E-state index in [1.165, 1.54) is 19.3 Å². The van der Waals surface area contributed by atoms with Crippen LogP contribution in [0, 0.1) is 20.8 Å². The third-order valence-corrected chi connectivity index (χ3v) is 4.45. The van der Waals surface area contributed by atoms with Gasteiger partial charge in [0.15, 0.2) is 0 Å². The van der Waals surface area contributed by atoms with Gasteiger partial charge in [0.25, 0.3) is 5.91 Å². The van der Waals surface area contributed by atoms with Crippen LogP contribution in [0.25, 0.3) is 0 Å². The van der Waals surface area contributed by atoms with E-state index < -0.39 is 0 Å². The number of hydrogen-bond donors (Lipinski definition) is 0. The highest BCUT2D eigenvalue weighted by molar-refractivity contribution is 5.97. The van der Waals surface area contributed by atoms with Crippen molar-refractivity contribution in [3.8, 4) is 0 Å². The van der Waals surface area contributed by atoms with Crippen LogP contribution in [0.1, 0.15) is 59.5 Å². The number of hydrogen-bond acceptors (Lipinski definition) is 4. The summed E-state index contributed by atoms with van der Waals surface area (Å²) in [4.78, 5) is 17.8. The van der Waals surface area contributed by atoms with E-state index >= 15 is 0 Å². The van der Waals surface area contributed by atoms with Crippen LogP contribution in [0.5, 0.6) is 0 Å². The average molecular weight is 313 g/mol. The Hall–Kier alpha value is -2.17. The third-order valence-electron chi connectivity index (χ3n) is 4.45. The fourth-order valence-corrected chi connectivity index (χ4v) is 3.17. The van der Waals surface area contributed by atoms with E-state index in [1.807, 2.05) is 19.1 Å². The maximum Gasteiger partial charge on any atom is 0.269 e. The Morgan fingerprint density at radius 1 is 1.26 bits per heavy atom. The van der Waals surface area contributed by atoms with Crippen molar-refractivity contribution in [2.24, 2.45) is 4.99 Å². The molecule has 0 bridgehead atoms. The second kappa shape index (κ2) is 6.52. The molecule has 0 spiro atoms. The molecule has 0 atom stereocenters. The summed E-state index contributed by atoms with van der Waals surface area (Å²) in [6.45, 7) is 5.57. The van der Waals surface area contributed by atoms with Crippen molar-refractivity contribution in [3.63, 3.8) is 0 Å². The molecule has 2 heterocycles. The Balaban J connectivity index is 2.05. The summed E-state index contributed by atoms with van der Waals surface area (Å²) < 4.78 is 6.76. The molecule has 0 unspecified atom stereocenters. The number of rotatable bonds is 2. The first kappa shape index (κ1) is 15.7. The molecule has 0 aromatic carbocycles. The van der Waals surface area contributed by atoms with E-state index in [9.17, 15) is 4.79 Å². The van der Waals surface area contributed by atoms with E-state index in [4.69, 9.17) is 9.52 Å². The van der Waals surface area contributed by atoms with Gasteiger partial charge in [-0.2, -0.15) is 0 Å². The van der Waals surface area contributed by atoms with E-state index in [0.29, 0.717) is 23.1 Å². The molecule has 0 amide bonds. The van der Waals surface area contributed by atoms with E-state index in [1.54, 1.807) is 24.6 Å². The molecule has 1 saturated carbocycles. The van der Waals surface area contributed by atoms with Gasteiger partial charge in [0.2, 0.25) is 0 Å². The smallest absolute Gasteiger partial charge is 0.269 e. The van der Waals surface area contributed by atoms with Crippen LogP contribution >= 0.6 is 0 Å². The fraction of sp³-hybridized carbons (Fsp3) is 0.500. The lowest BCUT2D eigenvalue weighted by atomic mass is 9.96. The minimum Gasteiger partial charge on any atom is -0.361 e. The van der Waals surface area contributed by atoms with Crippen molar-refractivity contribution in [1.29, 1.82) is 0 Å². The molecular weight excluding hydrogens is 290 g/mol. The van der Waals surface area contributed by atoms with Crippen molar-refractivity contribution >= 4 is 5.91 Å². The monoisotopic (exact) mass is 313 g/mol. The maximum absolute atomic E-state index is 12.9. The Morgan fingerprint density at radius 3 is 2.65 bits per heavy atom. The second-order valence-corrected chi connectivity index (χ2v) is 6.36. The summed E-state index contributed by atoms with van der Waals surface area (Å²) in [5.41, 5.74) is 2.97. The molecule has 1 aliphatic carbocycles. The van der Waals surface area contributed by atoms with Crippen LogP contribution in [0.15, 0.2) is 27.8 Å². The van der Waals surface area contributed by atoms with Crippen LogP contribution in [-0.4, -0.2) is 21.7 Å². The molecule has 2 aromatic heterocycles. The zero-order valence-corrected chi connectivity index (χ0v) is 14.0. The van der Waals surface area contributed by atoms with Crippen molar-refractivity contribution in [1.82, 2.24) is 9.72 Å². The molecule has 5 heteroatoms. The minimum absolute atomic E-state index is 0.129. The molecule has 1 aliphatic rings. The Morgan fingerprint density at radius 2 is 2.00 bits per heavy atom. The SMILES string of the molecule is Cc1ccn(C(=O)c2c(C)noc2C)c(=NC2CCCCC2)c1. The Bertz CT molecular complexity index is 760. The van der Waals surface area contributed by atoms with Crippen LogP contribution in [0.3, 0.4) is 0 Å². The molecular formula is C18H23N3O2. The van der Waals surface area contributed by atoms with Crippen LogP contribution < -0.4 is 5.49 Å². The highest BCUT2D eigenvalue weighted by Gasteiger charge is 2.20. The molecule has 3 rings (SSSR count). The van der Waals surface area contributed by atoms with Gasteiger partial charge in [0.05, 0.1) is 11.7 Å². The zero-order valence-electron chi connectivity index (χ0n) is 14.0. The van der Waals surface area contributed by atoms with Gasteiger partial charge in [-0.1, -0.05) is 24.4 Å². The lowest BCUT2D eigenvalue weighted by molar-refractivity contribution is 0.0952. The summed E-state index contributed by atoms with van der Waals surface area (Å²) in [6, 6.07) is 4.22. The van der Waals surface area contributed by atoms with Gasteiger partial charge in [-0.05, 0) is 51.3 Å². The molecule has 2 aromatic rings. The highest BCUT2D eigenvalue weighted by Crippen LogP contribution is 2.20. The summed E-state index contributed by atoms with van der Waals surface area (Å²) in [5, 5.41) is 3.89. The molecule has 122 valence electrons. The van der Waals surface area contributed by atoms with Gasteiger partial charge < -0.3 is 4.52 Å². The fourth-order valence-electron chi connectivity index (χ4n) is 3.17. The van der Waals surface area contributed by atoms with Crippen LogP contribution in [0.2, 0.25) is 0 Å². The normalized spacial score (nSPS) is 16.7. The Kier molecular flexibility index (Phi) is 4.46. The van der Waals surface area contributed by atoms with Gasteiger partial charge in [-0.3, -0.25) is 14.4 Å². The number of aryl methyl sites for hydroxylation is 3. The van der Waals surface area contributed by atoms with Gasteiger partial charge in [0, 0.05) is 6.20 Å². The lowest BCUT2D eigenvalue weighted by Crippen LogP contribution is -2.30. The van der Waals surface area contributed by atoms with Gasteiger partial charge >= 0.3 is 0 Å². The minimum atomic E-state index is -0.129. The number of aromatic nitrogens is 2. The first-order valence-corrected chi connectivity index (χ1v) is 8.27. The van der Waals surface area contributed by atoms with Crippen LogP contribution in [0.4, 0.5) is 0 Å².